The molecule has 2 N–H and O–H groups in total. The lowest BCUT2D eigenvalue weighted by molar-refractivity contribution is 0.0696. The number of nitrogens with one attached hydrogen (secondary N) is 1. The fourth-order valence-corrected chi connectivity index (χ4v) is 3.46. The standard InChI is InChI=1S/C27H23N3O5/c1-34-24-10-6-7-21(25(24)35-18-19-11-13-20(14-12-19)27(32)33)17-28-29-26(31)22-8-2-3-9-23(22)30-15-4-5-16-30/h2-17H,18H2,1H3,(H,29,31)(H,32,33). The molecule has 3 aromatic carbocycles. The number of carbonyl (C=O) groups is 2. The van der Waals surface area contributed by atoms with Gasteiger partial charge >= 0.3 is 5.97 Å². The zero-order valence-electron chi connectivity index (χ0n) is 18.9. The van der Waals surface area contributed by atoms with E-state index in [1.165, 1.54) is 25.5 Å². The number of benzene rings is 3. The molecule has 0 atom stereocenters. The van der Waals surface area contributed by atoms with E-state index in [9.17, 15) is 9.59 Å². The van der Waals surface area contributed by atoms with Gasteiger partial charge in [-0.3, -0.25) is 4.79 Å². The van der Waals surface area contributed by atoms with Gasteiger partial charge in [-0.2, -0.15) is 5.10 Å². The topological polar surface area (TPSA) is 102 Å². The molecule has 0 aliphatic carbocycles. The van der Waals surface area contributed by atoms with Crippen molar-refractivity contribution in [2.24, 2.45) is 5.10 Å². The van der Waals surface area contributed by atoms with Gasteiger partial charge in [-0.15, -0.1) is 0 Å². The van der Waals surface area contributed by atoms with Crippen LogP contribution in [0, 0.1) is 0 Å². The Morgan fingerprint density at radius 3 is 2.43 bits per heavy atom. The van der Waals surface area contributed by atoms with Gasteiger partial charge in [-0.05, 0) is 54.1 Å². The Labute approximate surface area is 202 Å². The first kappa shape index (κ1) is 23.3. The summed E-state index contributed by atoms with van der Waals surface area (Å²) in [5.41, 5.74) is 5.38. The lowest BCUT2D eigenvalue weighted by Gasteiger charge is -2.13. The predicted octanol–water partition coefficient (Wildman–Crippen LogP) is 4.53. The van der Waals surface area contributed by atoms with Crippen LogP contribution in [-0.4, -0.2) is 34.9 Å². The number of methoxy groups -OCH3 is 1. The first-order chi connectivity index (χ1) is 17.1. The van der Waals surface area contributed by atoms with E-state index in [1.807, 2.05) is 41.2 Å². The second-order valence-corrected chi connectivity index (χ2v) is 7.48. The van der Waals surface area contributed by atoms with Gasteiger partial charge in [-0.1, -0.05) is 30.3 Å². The van der Waals surface area contributed by atoms with Gasteiger partial charge in [0.1, 0.15) is 6.61 Å². The minimum atomic E-state index is -0.987. The number of carboxylic acid groups (broad SMARTS) is 1. The SMILES string of the molecule is COc1cccc(C=NNC(=O)c2ccccc2-n2cccc2)c1OCc1ccc(C(=O)O)cc1. The highest BCUT2D eigenvalue weighted by Gasteiger charge is 2.13. The van der Waals surface area contributed by atoms with E-state index in [-0.39, 0.29) is 18.1 Å². The van der Waals surface area contributed by atoms with Crippen LogP contribution >= 0.6 is 0 Å². The monoisotopic (exact) mass is 469 g/mol. The number of para-hydroxylation sites is 2. The number of ether oxygens (including phenoxy) is 2. The third-order valence-electron chi connectivity index (χ3n) is 5.21. The normalized spacial score (nSPS) is 10.8. The Morgan fingerprint density at radius 1 is 0.971 bits per heavy atom. The Bertz CT molecular complexity index is 1350. The summed E-state index contributed by atoms with van der Waals surface area (Å²) in [6, 6.07) is 22.8. The number of aromatic carboxylic acids is 1. The molecule has 0 bridgehead atoms. The Kier molecular flexibility index (Phi) is 7.22. The van der Waals surface area contributed by atoms with Crippen molar-refractivity contribution >= 4 is 18.1 Å². The van der Waals surface area contributed by atoms with Gasteiger partial charge in [0, 0.05) is 18.0 Å². The summed E-state index contributed by atoms with van der Waals surface area (Å²) in [5, 5.41) is 13.2. The van der Waals surface area contributed by atoms with Gasteiger partial charge in [-0.25, -0.2) is 10.2 Å². The average molecular weight is 469 g/mol. The summed E-state index contributed by atoms with van der Waals surface area (Å²) >= 11 is 0. The quantitative estimate of drug-likeness (QED) is 0.277. The smallest absolute Gasteiger partial charge is 0.335 e. The first-order valence-corrected chi connectivity index (χ1v) is 10.7. The molecule has 8 heteroatoms. The third kappa shape index (κ3) is 5.56. The molecule has 0 aliphatic rings. The fourth-order valence-electron chi connectivity index (χ4n) is 3.46. The summed E-state index contributed by atoms with van der Waals surface area (Å²) in [5.74, 6) is -0.392. The van der Waals surface area contributed by atoms with E-state index in [0.717, 1.165) is 11.3 Å². The molecule has 4 rings (SSSR count). The van der Waals surface area contributed by atoms with Gasteiger partial charge in [0.25, 0.3) is 5.91 Å². The van der Waals surface area contributed by atoms with Crippen LogP contribution in [0.15, 0.2) is 96.4 Å². The molecular weight excluding hydrogens is 446 g/mol. The molecule has 35 heavy (non-hydrogen) atoms. The highest BCUT2D eigenvalue weighted by Crippen LogP contribution is 2.31. The number of hydrazone groups is 1. The van der Waals surface area contributed by atoms with E-state index in [4.69, 9.17) is 14.6 Å². The predicted molar refractivity (Wildman–Crippen MR) is 132 cm³/mol. The van der Waals surface area contributed by atoms with Crippen LogP contribution in [0.1, 0.15) is 31.8 Å². The molecule has 0 spiro atoms. The maximum absolute atomic E-state index is 12.8. The Hall–Kier alpha value is -4.85. The molecule has 0 saturated carbocycles. The van der Waals surface area contributed by atoms with Crippen LogP contribution in [0.5, 0.6) is 11.5 Å². The average Bonchev–Trinajstić information content (AvgIpc) is 3.43. The second kappa shape index (κ2) is 10.8. The zero-order valence-corrected chi connectivity index (χ0v) is 18.9. The molecular formula is C27H23N3O5. The number of aromatic nitrogens is 1. The van der Waals surface area contributed by atoms with Crippen LogP contribution in [0.4, 0.5) is 0 Å². The van der Waals surface area contributed by atoms with E-state index < -0.39 is 5.97 Å². The lowest BCUT2D eigenvalue weighted by Crippen LogP contribution is -2.19. The molecule has 0 fully saturated rings. The molecule has 8 nitrogen and oxygen atoms in total. The molecule has 176 valence electrons. The Balaban J connectivity index is 1.49. The second-order valence-electron chi connectivity index (χ2n) is 7.48. The summed E-state index contributed by atoms with van der Waals surface area (Å²) in [4.78, 5) is 23.9. The van der Waals surface area contributed by atoms with Crippen LogP contribution in [-0.2, 0) is 6.61 Å². The van der Waals surface area contributed by atoms with E-state index in [1.54, 1.807) is 42.5 Å². The van der Waals surface area contributed by atoms with E-state index >= 15 is 0 Å². The zero-order chi connectivity index (χ0) is 24.6. The molecule has 0 unspecified atom stereocenters. The fraction of sp³-hybridized carbons (Fsp3) is 0.0741. The summed E-state index contributed by atoms with van der Waals surface area (Å²) in [6.07, 6.45) is 5.22. The summed E-state index contributed by atoms with van der Waals surface area (Å²) in [6.45, 7) is 0.192. The van der Waals surface area contributed by atoms with Crippen molar-refractivity contribution in [1.82, 2.24) is 9.99 Å². The molecule has 0 radical (unpaired) electrons. The number of amides is 1. The highest BCUT2D eigenvalue weighted by molar-refractivity contribution is 5.98. The molecule has 4 aromatic rings. The molecule has 0 saturated heterocycles. The van der Waals surface area contributed by atoms with Crippen LogP contribution < -0.4 is 14.9 Å². The van der Waals surface area contributed by atoms with E-state index in [2.05, 4.69) is 10.5 Å². The van der Waals surface area contributed by atoms with Gasteiger partial charge < -0.3 is 19.1 Å². The van der Waals surface area contributed by atoms with Crippen molar-refractivity contribution in [3.05, 3.63) is 114 Å². The number of rotatable bonds is 9. The molecule has 1 amide bonds. The van der Waals surface area contributed by atoms with Crippen LogP contribution in [0.3, 0.4) is 0 Å². The van der Waals surface area contributed by atoms with Crippen molar-refractivity contribution in [3.63, 3.8) is 0 Å². The summed E-state index contributed by atoms with van der Waals surface area (Å²) < 4.78 is 13.3. The molecule has 1 aromatic heterocycles. The lowest BCUT2D eigenvalue weighted by atomic mass is 10.1. The first-order valence-electron chi connectivity index (χ1n) is 10.7. The maximum Gasteiger partial charge on any atom is 0.335 e. The number of hydrogen-bond donors (Lipinski definition) is 2. The largest absolute Gasteiger partial charge is 0.493 e. The van der Waals surface area contributed by atoms with Crippen molar-refractivity contribution in [2.45, 2.75) is 6.61 Å². The minimum Gasteiger partial charge on any atom is -0.493 e. The number of hydrogen-bond acceptors (Lipinski definition) is 5. The number of carboxylic acids is 1. The number of nitrogens with zero attached hydrogens (tertiary/aromatic N) is 2. The van der Waals surface area contributed by atoms with E-state index in [0.29, 0.717) is 22.6 Å². The van der Waals surface area contributed by atoms with Crippen molar-refractivity contribution in [2.75, 3.05) is 7.11 Å². The van der Waals surface area contributed by atoms with Crippen molar-refractivity contribution < 1.29 is 24.2 Å². The van der Waals surface area contributed by atoms with Crippen molar-refractivity contribution in [3.8, 4) is 17.2 Å². The van der Waals surface area contributed by atoms with Crippen molar-refractivity contribution in [1.29, 1.82) is 0 Å². The van der Waals surface area contributed by atoms with Gasteiger partial charge in [0.2, 0.25) is 0 Å². The summed E-state index contributed by atoms with van der Waals surface area (Å²) in [7, 11) is 1.53. The van der Waals surface area contributed by atoms with Crippen LogP contribution in [0.2, 0.25) is 0 Å². The van der Waals surface area contributed by atoms with Gasteiger partial charge in [0.15, 0.2) is 11.5 Å². The maximum atomic E-state index is 12.8. The third-order valence-corrected chi connectivity index (χ3v) is 5.21. The number of carbonyl (C=O) groups excluding carboxylic acids is 1. The Morgan fingerprint density at radius 2 is 1.71 bits per heavy atom. The molecule has 1 heterocycles. The van der Waals surface area contributed by atoms with Gasteiger partial charge in [0.05, 0.1) is 30.1 Å². The van der Waals surface area contributed by atoms with Crippen LogP contribution in [0.25, 0.3) is 5.69 Å². The highest BCUT2D eigenvalue weighted by atomic mass is 16.5. The minimum absolute atomic E-state index is 0.192. The molecule has 0 aliphatic heterocycles.